The van der Waals surface area contributed by atoms with Crippen molar-refractivity contribution in [3.05, 3.63) is 93.8 Å². The standard InChI is InChI=1S/C30H32ClFO6S/c1-3-24(33)18-8-12-23(32)26(15-18)39-16-25-27(34)28(35)29(36)30(38-25)19-7-11-22(31)20(14-19)13-17-5-9-21(10-6-17)37-4-2/h5-12,14-15,25,27-30,34-36H,3-4,13,16H2,1-2H3/t25-,27-,28+,29-,30+/m1/s1. The van der Waals surface area contributed by atoms with Gasteiger partial charge in [-0.15, -0.1) is 11.8 Å². The number of ketones is 1. The molecule has 1 aliphatic heterocycles. The lowest BCUT2D eigenvalue weighted by atomic mass is 9.90. The predicted molar refractivity (Wildman–Crippen MR) is 149 cm³/mol. The predicted octanol–water partition coefficient (Wildman–Crippen LogP) is 5.38. The molecule has 1 heterocycles. The lowest BCUT2D eigenvalue weighted by Crippen LogP contribution is -2.54. The average Bonchev–Trinajstić information content (AvgIpc) is 2.94. The van der Waals surface area contributed by atoms with Crippen LogP contribution in [0.15, 0.2) is 65.6 Å². The number of thioether (sulfide) groups is 1. The zero-order valence-electron chi connectivity index (χ0n) is 21.7. The summed E-state index contributed by atoms with van der Waals surface area (Å²) >= 11 is 7.56. The van der Waals surface area contributed by atoms with Crippen molar-refractivity contribution >= 4 is 29.1 Å². The second-order valence-electron chi connectivity index (χ2n) is 9.40. The number of hydrogen-bond donors (Lipinski definition) is 3. The van der Waals surface area contributed by atoms with Crippen LogP contribution in [0.25, 0.3) is 0 Å². The Morgan fingerprint density at radius 1 is 1.00 bits per heavy atom. The van der Waals surface area contributed by atoms with Gasteiger partial charge in [-0.25, -0.2) is 4.39 Å². The first-order valence-corrected chi connectivity index (χ1v) is 14.2. The SMILES string of the molecule is CCOc1ccc(Cc2cc([C@@H]3O[C@H](CSc4cc(C(=O)CC)ccc4F)[C@@H](O)[C@H](O)[C@H]3O)ccc2Cl)cc1. The summed E-state index contributed by atoms with van der Waals surface area (Å²) in [4.78, 5) is 12.3. The van der Waals surface area contributed by atoms with Gasteiger partial charge in [-0.2, -0.15) is 0 Å². The second kappa shape index (κ2) is 13.3. The zero-order valence-corrected chi connectivity index (χ0v) is 23.3. The summed E-state index contributed by atoms with van der Waals surface area (Å²) in [7, 11) is 0. The highest BCUT2D eigenvalue weighted by Gasteiger charge is 2.44. The van der Waals surface area contributed by atoms with Crippen molar-refractivity contribution in [2.45, 2.75) is 62.1 Å². The van der Waals surface area contributed by atoms with E-state index in [0.29, 0.717) is 35.6 Å². The number of aliphatic hydroxyl groups is 3. The monoisotopic (exact) mass is 574 g/mol. The van der Waals surface area contributed by atoms with Gasteiger partial charge in [0.1, 0.15) is 36.0 Å². The summed E-state index contributed by atoms with van der Waals surface area (Å²) in [6.07, 6.45) is -5.27. The van der Waals surface area contributed by atoms with Crippen LogP contribution in [0.2, 0.25) is 5.02 Å². The molecule has 3 aromatic rings. The van der Waals surface area contributed by atoms with Gasteiger partial charge in [0.05, 0.1) is 12.7 Å². The summed E-state index contributed by atoms with van der Waals surface area (Å²) in [5.41, 5.74) is 2.81. The van der Waals surface area contributed by atoms with Crippen LogP contribution in [-0.2, 0) is 11.2 Å². The number of aliphatic hydroxyl groups excluding tert-OH is 3. The largest absolute Gasteiger partial charge is 0.494 e. The Bertz CT molecular complexity index is 1290. The minimum Gasteiger partial charge on any atom is -0.494 e. The molecular formula is C30H32ClFO6S. The van der Waals surface area contributed by atoms with Gasteiger partial charge in [0.25, 0.3) is 0 Å². The number of ether oxygens (including phenoxy) is 2. The second-order valence-corrected chi connectivity index (χ2v) is 10.9. The molecule has 1 saturated heterocycles. The molecule has 1 aliphatic rings. The molecule has 9 heteroatoms. The Kier molecular flexibility index (Phi) is 10.0. The van der Waals surface area contributed by atoms with E-state index in [4.69, 9.17) is 21.1 Å². The van der Waals surface area contributed by atoms with E-state index in [9.17, 15) is 24.5 Å². The molecule has 3 aromatic carbocycles. The van der Waals surface area contributed by atoms with E-state index in [1.54, 1.807) is 19.1 Å². The van der Waals surface area contributed by atoms with Crippen LogP contribution in [0.1, 0.15) is 53.4 Å². The summed E-state index contributed by atoms with van der Waals surface area (Å²) in [6, 6.07) is 17.1. The Morgan fingerprint density at radius 3 is 2.44 bits per heavy atom. The lowest BCUT2D eigenvalue weighted by molar-refractivity contribution is -0.218. The van der Waals surface area contributed by atoms with Gasteiger partial charge in [-0.05, 0) is 66.4 Å². The quantitative estimate of drug-likeness (QED) is 0.221. The maximum atomic E-state index is 14.4. The van der Waals surface area contributed by atoms with Crippen LogP contribution in [0.5, 0.6) is 5.75 Å². The summed E-state index contributed by atoms with van der Waals surface area (Å²) < 4.78 is 26.0. The fraction of sp³-hybridized carbons (Fsp3) is 0.367. The summed E-state index contributed by atoms with van der Waals surface area (Å²) in [5.74, 6) is 0.272. The average molecular weight is 575 g/mol. The minimum atomic E-state index is -1.47. The Hall–Kier alpha value is -2.46. The number of benzene rings is 3. The molecule has 0 aliphatic carbocycles. The van der Waals surface area contributed by atoms with Crippen LogP contribution in [-0.4, -0.2) is 57.9 Å². The van der Waals surface area contributed by atoms with Crippen molar-refractivity contribution in [2.75, 3.05) is 12.4 Å². The molecule has 6 nitrogen and oxygen atoms in total. The number of hydrogen-bond acceptors (Lipinski definition) is 7. The van der Waals surface area contributed by atoms with Crippen LogP contribution >= 0.6 is 23.4 Å². The van der Waals surface area contributed by atoms with Crippen molar-refractivity contribution in [3.63, 3.8) is 0 Å². The van der Waals surface area contributed by atoms with Gasteiger partial charge in [0.2, 0.25) is 0 Å². The zero-order chi connectivity index (χ0) is 28.1. The van der Waals surface area contributed by atoms with Gasteiger partial charge in [0, 0.05) is 27.7 Å². The first kappa shape index (κ1) is 29.5. The lowest BCUT2D eigenvalue weighted by Gasteiger charge is -2.41. The molecule has 0 spiro atoms. The number of carbonyl (C=O) groups excluding carboxylic acids is 1. The van der Waals surface area contributed by atoms with E-state index >= 15 is 0 Å². The van der Waals surface area contributed by atoms with E-state index in [0.717, 1.165) is 28.6 Å². The molecule has 1 fully saturated rings. The summed E-state index contributed by atoms with van der Waals surface area (Å²) in [6.45, 7) is 4.24. The van der Waals surface area contributed by atoms with Crippen molar-refractivity contribution in [3.8, 4) is 5.75 Å². The van der Waals surface area contributed by atoms with Gasteiger partial charge in [-0.3, -0.25) is 4.79 Å². The van der Waals surface area contributed by atoms with Crippen LogP contribution in [0.4, 0.5) is 4.39 Å². The van der Waals surface area contributed by atoms with Gasteiger partial charge < -0.3 is 24.8 Å². The minimum absolute atomic E-state index is 0.0920. The number of carbonyl (C=O) groups is 1. The molecule has 5 atom stereocenters. The third-order valence-electron chi connectivity index (χ3n) is 6.72. The number of rotatable bonds is 10. The highest BCUT2D eigenvalue weighted by Crippen LogP contribution is 2.37. The van der Waals surface area contributed by atoms with E-state index in [2.05, 4.69) is 0 Å². The van der Waals surface area contributed by atoms with E-state index in [-0.39, 0.29) is 16.4 Å². The molecule has 0 saturated carbocycles. The maximum absolute atomic E-state index is 14.4. The van der Waals surface area contributed by atoms with Crippen molar-refractivity contribution in [1.82, 2.24) is 0 Å². The highest BCUT2D eigenvalue weighted by molar-refractivity contribution is 7.99. The fourth-order valence-electron chi connectivity index (χ4n) is 4.52. The normalized spacial score (nSPS) is 23.0. The molecule has 39 heavy (non-hydrogen) atoms. The third kappa shape index (κ3) is 7.01. The van der Waals surface area contributed by atoms with Crippen molar-refractivity contribution < 1.29 is 34.0 Å². The fourth-order valence-corrected chi connectivity index (χ4v) is 5.74. The molecular weight excluding hydrogens is 543 g/mol. The van der Waals surface area contributed by atoms with E-state index in [1.807, 2.05) is 37.3 Å². The summed E-state index contributed by atoms with van der Waals surface area (Å²) in [5, 5.41) is 32.6. The number of halogens is 2. The van der Waals surface area contributed by atoms with Crippen molar-refractivity contribution in [1.29, 1.82) is 0 Å². The maximum Gasteiger partial charge on any atom is 0.162 e. The Morgan fingerprint density at radius 2 is 1.74 bits per heavy atom. The van der Waals surface area contributed by atoms with Crippen molar-refractivity contribution in [2.24, 2.45) is 0 Å². The van der Waals surface area contributed by atoms with Crippen LogP contribution in [0, 0.1) is 5.82 Å². The third-order valence-corrected chi connectivity index (χ3v) is 8.20. The van der Waals surface area contributed by atoms with Gasteiger partial charge in [0.15, 0.2) is 5.78 Å². The molecule has 0 amide bonds. The first-order chi connectivity index (χ1) is 18.7. The van der Waals surface area contributed by atoms with Gasteiger partial charge in [-0.1, -0.05) is 42.8 Å². The molecule has 4 rings (SSSR count). The topological polar surface area (TPSA) is 96.2 Å². The molecule has 208 valence electrons. The Balaban J connectivity index is 1.51. The molecule has 0 bridgehead atoms. The van der Waals surface area contributed by atoms with E-state index in [1.165, 1.54) is 18.2 Å². The molecule has 0 aromatic heterocycles. The number of Topliss-reactive ketones (excluding diaryl/α,β-unsaturated/α-hetero) is 1. The molecule has 0 unspecified atom stereocenters. The van der Waals surface area contributed by atoms with Gasteiger partial charge >= 0.3 is 0 Å². The van der Waals surface area contributed by atoms with E-state index < -0.39 is 36.3 Å². The molecule has 0 radical (unpaired) electrons. The highest BCUT2D eigenvalue weighted by atomic mass is 35.5. The smallest absolute Gasteiger partial charge is 0.162 e. The molecule has 3 N–H and O–H groups in total. The van der Waals surface area contributed by atoms with Crippen LogP contribution in [0.3, 0.4) is 0 Å². The first-order valence-electron chi connectivity index (χ1n) is 12.9. The van der Waals surface area contributed by atoms with Crippen LogP contribution < -0.4 is 4.74 Å². The Labute approximate surface area is 236 Å².